The highest BCUT2D eigenvalue weighted by molar-refractivity contribution is 5.70. The van der Waals surface area contributed by atoms with Crippen molar-refractivity contribution in [2.75, 3.05) is 7.05 Å². The molecule has 0 unspecified atom stereocenters. The van der Waals surface area contributed by atoms with E-state index in [1.807, 2.05) is 66.7 Å². The molecule has 0 amide bonds. The number of nitrogens with zero attached hydrogens (tertiary/aromatic N) is 2. The third-order valence-electron chi connectivity index (χ3n) is 2.44. The first kappa shape index (κ1) is 10.4. The molecule has 0 bridgehead atoms. The second-order valence-corrected chi connectivity index (χ2v) is 3.50. The highest BCUT2D eigenvalue weighted by Crippen LogP contribution is 2.24. The molecule has 0 N–H and O–H groups in total. The lowest BCUT2D eigenvalue weighted by Crippen LogP contribution is -2.12. The zero-order valence-corrected chi connectivity index (χ0v) is 9.00. The average molecular weight is 212 g/mol. The van der Waals surface area contributed by atoms with E-state index in [9.17, 15) is 4.91 Å². The van der Waals surface area contributed by atoms with Crippen LogP contribution in [0.25, 0.3) is 5.70 Å². The fourth-order valence-electron chi connectivity index (χ4n) is 1.61. The van der Waals surface area contributed by atoms with E-state index in [4.69, 9.17) is 0 Å². The van der Waals surface area contributed by atoms with Gasteiger partial charge in [0.1, 0.15) is 5.70 Å². The van der Waals surface area contributed by atoms with Crippen molar-refractivity contribution in [3.63, 3.8) is 0 Å². The summed E-state index contributed by atoms with van der Waals surface area (Å²) in [6, 6.07) is 9.46. The molecule has 3 heteroatoms. The summed E-state index contributed by atoms with van der Waals surface area (Å²) in [4.78, 5) is 12.8. The molecule has 0 saturated heterocycles. The van der Waals surface area contributed by atoms with Crippen molar-refractivity contribution in [2.45, 2.75) is 0 Å². The summed E-state index contributed by atoms with van der Waals surface area (Å²) < 4.78 is 0. The lowest BCUT2D eigenvalue weighted by atomic mass is 10.1. The Morgan fingerprint density at radius 1 is 1.19 bits per heavy atom. The maximum Gasteiger partial charge on any atom is 0.138 e. The van der Waals surface area contributed by atoms with Crippen LogP contribution >= 0.6 is 0 Å². The maximum absolute atomic E-state index is 11.0. The van der Waals surface area contributed by atoms with Crippen molar-refractivity contribution in [1.29, 1.82) is 0 Å². The van der Waals surface area contributed by atoms with Gasteiger partial charge in [-0.2, -0.15) is 0 Å². The molecule has 2 rings (SSSR count). The zero-order chi connectivity index (χ0) is 11.4. The Bertz CT molecular complexity index is 472. The minimum atomic E-state index is 0.462. The molecular weight excluding hydrogens is 200 g/mol. The van der Waals surface area contributed by atoms with Gasteiger partial charge in [0, 0.05) is 18.8 Å². The first-order valence-electron chi connectivity index (χ1n) is 5.03. The largest absolute Gasteiger partial charge is 0.349 e. The zero-order valence-electron chi connectivity index (χ0n) is 9.00. The van der Waals surface area contributed by atoms with E-state index in [1.165, 1.54) is 0 Å². The van der Waals surface area contributed by atoms with Gasteiger partial charge in [-0.3, -0.25) is 0 Å². The van der Waals surface area contributed by atoms with Crippen LogP contribution in [0.5, 0.6) is 0 Å². The first-order chi connectivity index (χ1) is 7.83. The lowest BCUT2D eigenvalue weighted by molar-refractivity contribution is 0.585. The van der Waals surface area contributed by atoms with Crippen molar-refractivity contribution in [2.24, 2.45) is 5.18 Å². The van der Waals surface area contributed by atoms with Crippen LogP contribution in [0.3, 0.4) is 0 Å². The van der Waals surface area contributed by atoms with Gasteiger partial charge in [0.15, 0.2) is 0 Å². The summed E-state index contributed by atoms with van der Waals surface area (Å²) in [7, 11) is 1.89. The highest BCUT2D eigenvalue weighted by atomic mass is 16.3. The lowest BCUT2D eigenvalue weighted by Gasteiger charge is -2.19. The van der Waals surface area contributed by atoms with E-state index >= 15 is 0 Å². The van der Waals surface area contributed by atoms with Gasteiger partial charge in [-0.15, -0.1) is 4.91 Å². The number of allylic oxidation sites excluding steroid dienone is 3. The van der Waals surface area contributed by atoms with Gasteiger partial charge in [0.05, 0.1) is 5.70 Å². The third kappa shape index (κ3) is 1.93. The molecule has 0 fully saturated rings. The topological polar surface area (TPSA) is 32.7 Å². The Morgan fingerprint density at radius 2 is 1.94 bits per heavy atom. The van der Waals surface area contributed by atoms with Crippen molar-refractivity contribution >= 4 is 5.70 Å². The highest BCUT2D eigenvalue weighted by Gasteiger charge is 2.11. The molecule has 1 aromatic rings. The Labute approximate surface area is 94.4 Å². The van der Waals surface area contributed by atoms with Gasteiger partial charge in [0.2, 0.25) is 0 Å². The minimum Gasteiger partial charge on any atom is -0.349 e. The van der Waals surface area contributed by atoms with E-state index in [0.717, 1.165) is 11.3 Å². The Balaban J connectivity index is 2.50. The van der Waals surface area contributed by atoms with Crippen LogP contribution in [0.15, 0.2) is 65.6 Å². The molecule has 0 radical (unpaired) electrons. The van der Waals surface area contributed by atoms with Crippen LogP contribution < -0.4 is 0 Å². The Morgan fingerprint density at radius 3 is 2.56 bits per heavy atom. The molecule has 16 heavy (non-hydrogen) atoms. The minimum absolute atomic E-state index is 0.462. The van der Waals surface area contributed by atoms with Crippen molar-refractivity contribution in [3.8, 4) is 0 Å². The molecule has 0 spiro atoms. The quantitative estimate of drug-likeness (QED) is 0.705. The van der Waals surface area contributed by atoms with Gasteiger partial charge in [0.25, 0.3) is 0 Å². The molecule has 0 aromatic heterocycles. The van der Waals surface area contributed by atoms with E-state index in [-0.39, 0.29) is 0 Å². The number of rotatable bonds is 2. The molecule has 80 valence electrons. The van der Waals surface area contributed by atoms with Crippen molar-refractivity contribution in [3.05, 3.63) is 70.9 Å². The van der Waals surface area contributed by atoms with Crippen LogP contribution in [-0.4, -0.2) is 11.9 Å². The van der Waals surface area contributed by atoms with Gasteiger partial charge in [-0.05, 0) is 17.3 Å². The van der Waals surface area contributed by atoms with Gasteiger partial charge >= 0.3 is 0 Å². The smallest absolute Gasteiger partial charge is 0.138 e. The number of nitroso groups, excluding NO2 is 1. The maximum atomic E-state index is 11.0. The van der Waals surface area contributed by atoms with Crippen LogP contribution in [0.2, 0.25) is 0 Å². The second-order valence-electron chi connectivity index (χ2n) is 3.50. The van der Waals surface area contributed by atoms with E-state index in [0.29, 0.717) is 5.70 Å². The molecule has 0 atom stereocenters. The standard InChI is InChI=1S/C13H12N2O/c1-15-10-6-5-9-12(15)13(14-16)11-7-3-2-4-8-11/h2-10H,1H3/b13-12-. The number of hydrogen-bond donors (Lipinski definition) is 0. The average Bonchev–Trinajstić information content (AvgIpc) is 2.34. The fourth-order valence-corrected chi connectivity index (χ4v) is 1.61. The Kier molecular flexibility index (Phi) is 2.96. The predicted molar refractivity (Wildman–Crippen MR) is 65.2 cm³/mol. The van der Waals surface area contributed by atoms with Gasteiger partial charge in [-0.1, -0.05) is 36.4 Å². The number of benzene rings is 1. The normalized spacial score (nSPS) is 17.4. The van der Waals surface area contributed by atoms with E-state index < -0.39 is 0 Å². The summed E-state index contributed by atoms with van der Waals surface area (Å²) in [6.45, 7) is 0. The monoisotopic (exact) mass is 212 g/mol. The molecule has 3 nitrogen and oxygen atoms in total. The summed E-state index contributed by atoms with van der Waals surface area (Å²) in [5.41, 5.74) is 2.10. The second kappa shape index (κ2) is 4.57. The fraction of sp³-hybridized carbons (Fsp3) is 0.0769. The molecule has 0 aliphatic carbocycles. The number of likely N-dealkylation sites (N-methyl/N-ethyl adjacent to an activating group) is 1. The molecule has 1 aliphatic heterocycles. The Hall–Kier alpha value is -2.16. The first-order valence-corrected chi connectivity index (χ1v) is 5.03. The summed E-state index contributed by atoms with van der Waals surface area (Å²) in [6.07, 6.45) is 7.58. The van der Waals surface area contributed by atoms with Crippen LogP contribution in [0.4, 0.5) is 0 Å². The molecule has 1 aliphatic rings. The molecule has 1 aromatic carbocycles. The predicted octanol–water partition coefficient (Wildman–Crippen LogP) is 3.14. The van der Waals surface area contributed by atoms with E-state index in [2.05, 4.69) is 5.18 Å². The number of hydrogen-bond acceptors (Lipinski definition) is 3. The van der Waals surface area contributed by atoms with Crippen molar-refractivity contribution in [1.82, 2.24) is 4.90 Å². The molecular formula is C13H12N2O. The summed E-state index contributed by atoms with van der Waals surface area (Å²) in [5, 5.41) is 3.14. The summed E-state index contributed by atoms with van der Waals surface area (Å²) >= 11 is 0. The molecule has 0 saturated carbocycles. The van der Waals surface area contributed by atoms with Crippen molar-refractivity contribution < 1.29 is 0 Å². The van der Waals surface area contributed by atoms with Crippen LogP contribution in [0.1, 0.15) is 5.56 Å². The van der Waals surface area contributed by atoms with Crippen LogP contribution in [-0.2, 0) is 0 Å². The van der Waals surface area contributed by atoms with Gasteiger partial charge in [-0.25, -0.2) is 0 Å². The van der Waals surface area contributed by atoms with Crippen LogP contribution in [0, 0.1) is 4.91 Å². The SMILES string of the molecule is CN1C=CC=C/C1=C(/N=O)c1ccccc1. The van der Waals surface area contributed by atoms with E-state index in [1.54, 1.807) is 0 Å². The van der Waals surface area contributed by atoms with Gasteiger partial charge < -0.3 is 4.90 Å². The third-order valence-corrected chi connectivity index (χ3v) is 2.44. The molecule has 1 heterocycles. The summed E-state index contributed by atoms with van der Waals surface area (Å²) in [5.74, 6) is 0.